The van der Waals surface area contributed by atoms with Crippen LogP contribution in [0.25, 0.3) is 5.57 Å². The molecule has 0 aliphatic heterocycles. The average molecular weight is 313 g/mol. The van der Waals surface area contributed by atoms with Crippen LogP contribution in [0.2, 0.25) is 0 Å². The summed E-state index contributed by atoms with van der Waals surface area (Å²) < 4.78 is 18.8. The van der Waals surface area contributed by atoms with Gasteiger partial charge in [0.15, 0.2) is 0 Å². The highest BCUT2D eigenvalue weighted by molar-refractivity contribution is 7.99. The summed E-state index contributed by atoms with van der Waals surface area (Å²) in [5.41, 5.74) is 1.49. The summed E-state index contributed by atoms with van der Waals surface area (Å²) in [5.74, 6) is -0.358. The summed E-state index contributed by atoms with van der Waals surface area (Å²) in [7, 11) is 0. The lowest BCUT2D eigenvalue weighted by molar-refractivity contribution is -0.138. The molecule has 5 heteroatoms. The molecule has 0 atom stereocenters. The molecule has 0 amide bonds. The molecule has 2 nitrogen and oxygen atoms in total. The number of carbonyl (C=O) groups is 1. The molecular weight excluding hydrogens is 299 g/mol. The van der Waals surface area contributed by atoms with E-state index < -0.39 is 0 Å². The molecule has 0 N–H and O–H groups in total. The number of halogens is 2. The largest absolute Gasteiger partial charge is 0.454 e. The van der Waals surface area contributed by atoms with Crippen molar-refractivity contribution in [1.82, 2.24) is 0 Å². The number of hydrogen-bond donors (Lipinski definition) is 0. The highest BCUT2D eigenvalue weighted by Gasteiger charge is 2.15. The van der Waals surface area contributed by atoms with Crippen LogP contribution in [0.1, 0.15) is 25.3 Å². The third-order valence-electron chi connectivity index (χ3n) is 2.88. The second kappa shape index (κ2) is 6.95. The monoisotopic (exact) mass is 312 g/mol. The Morgan fingerprint density at radius 3 is 2.75 bits per heavy atom. The molecule has 0 heterocycles. The van der Waals surface area contributed by atoms with E-state index in [9.17, 15) is 9.18 Å². The molecule has 0 aromatic heterocycles. The van der Waals surface area contributed by atoms with Crippen molar-refractivity contribution in [3.8, 4) is 0 Å². The van der Waals surface area contributed by atoms with E-state index in [0.29, 0.717) is 12.0 Å². The lowest BCUT2D eigenvalue weighted by atomic mass is 9.97. The van der Waals surface area contributed by atoms with Gasteiger partial charge in [-0.3, -0.25) is 4.79 Å². The molecule has 0 bridgehead atoms. The van der Waals surface area contributed by atoms with Gasteiger partial charge in [-0.2, -0.15) is 0 Å². The van der Waals surface area contributed by atoms with Gasteiger partial charge < -0.3 is 4.74 Å². The highest BCUT2D eigenvalue weighted by Crippen LogP contribution is 2.35. The van der Waals surface area contributed by atoms with Gasteiger partial charge in [0.25, 0.3) is 0 Å². The van der Waals surface area contributed by atoms with E-state index in [1.165, 1.54) is 18.7 Å². The molecule has 0 saturated carbocycles. The van der Waals surface area contributed by atoms with Crippen molar-refractivity contribution >= 4 is 34.9 Å². The smallest absolute Gasteiger partial charge is 0.303 e. The number of thioether (sulfide) groups is 1. The maximum atomic E-state index is 13.9. The van der Waals surface area contributed by atoms with Gasteiger partial charge in [0.05, 0.1) is 5.03 Å². The number of hydrogen-bond acceptors (Lipinski definition) is 3. The Morgan fingerprint density at radius 1 is 1.40 bits per heavy atom. The molecular formula is C15H14ClFO2S. The summed E-state index contributed by atoms with van der Waals surface area (Å²) >= 11 is 7.23. The fraction of sp³-hybridized carbons (Fsp3) is 0.267. The topological polar surface area (TPSA) is 26.3 Å². The third-order valence-corrected chi connectivity index (χ3v) is 4.04. The Bertz CT molecular complexity index is 564. The average Bonchev–Trinajstić information content (AvgIpc) is 2.42. The van der Waals surface area contributed by atoms with Crippen molar-refractivity contribution in [3.63, 3.8) is 0 Å². The zero-order valence-electron chi connectivity index (χ0n) is 11.0. The van der Waals surface area contributed by atoms with Crippen LogP contribution in [0.3, 0.4) is 0 Å². The van der Waals surface area contributed by atoms with Crippen molar-refractivity contribution in [3.05, 3.63) is 46.8 Å². The van der Waals surface area contributed by atoms with Gasteiger partial charge in [0.1, 0.15) is 11.8 Å². The van der Waals surface area contributed by atoms with Gasteiger partial charge in [0.2, 0.25) is 0 Å². The van der Waals surface area contributed by atoms with Crippen LogP contribution in [0.4, 0.5) is 4.39 Å². The molecule has 0 fully saturated rings. The molecule has 0 unspecified atom stereocenters. The zero-order valence-corrected chi connectivity index (χ0v) is 12.6. The molecule has 0 radical (unpaired) electrons. The zero-order chi connectivity index (χ0) is 14.5. The quantitative estimate of drug-likeness (QED) is 0.449. The Hall–Kier alpha value is -1.26. The summed E-state index contributed by atoms with van der Waals surface area (Å²) in [5, 5.41) is 0.194. The van der Waals surface area contributed by atoms with Crippen LogP contribution >= 0.6 is 23.4 Å². The van der Waals surface area contributed by atoms with Crippen LogP contribution in [-0.2, 0) is 9.53 Å². The second-order valence-corrected chi connectivity index (χ2v) is 5.71. The van der Waals surface area contributed by atoms with Gasteiger partial charge in [-0.05, 0) is 36.1 Å². The fourth-order valence-corrected chi connectivity index (χ4v) is 2.80. The number of rotatable bonds is 4. The second-order valence-electron chi connectivity index (χ2n) is 4.31. The predicted octanol–water partition coefficient (Wildman–Crippen LogP) is 4.90. The first-order chi connectivity index (χ1) is 9.58. The van der Waals surface area contributed by atoms with Crippen LogP contribution < -0.4 is 0 Å². The van der Waals surface area contributed by atoms with Crippen molar-refractivity contribution in [1.29, 1.82) is 0 Å². The molecule has 2 rings (SSSR count). The summed E-state index contributed by atoms with van der Waals surface area (Å²) in [6.07, 6.45) is 3.11. The molecule has 1 aliphatic carbocycles. The fourth-order valence-electron chi connectivity index (χ4n) is 1.89. The van der Waals surface area contributed by atoms with Crippen molar-refractivity contribution in [2.75, 3.05) is 5.94 Å². The lowest BCUT2D eigenvalue weighted by Gasteiger charge is -2.13. The van der Waals surface area contributed by atoms with Crippen LogP contribution in [0, 0.1) is 0 Å². The third kappa shape index (κ3) is 3.87. The Morgan fingerprint density at radius 2 is 2.10 bits per heavy atom. The first kappa shape index (κ1) is 15.1. The lowest BCUT2D eigenvalue weighted by Crippen LogP contribution is -1.97. The molecule has 0 spiro atoms. The molecule has 1 aromatic carbocycles. The van der Waals surface area contributed by atoms with E-state index in [2.05, 4.69) is 0 Å². The predicted molar refractivity (Wildman–Crippen MR) is 80.1 cm³/mol. The first-order valence-electron chi connectivity index (χ1n) is 6.19. The number of benzene rings is 1. The highest BCUT2D eigenvalue weighted by atomic mass is 35.5. The minimum atomic E-state index is -0.335. The first-order valence-corrected chi connectivity index (χ1v) is 7.55. The molecule has 1 aliphatic rings. The molecule has 0 saturated heterocycles. The Kier molecular flexibility index (Phi) is 5.26. The molecule has 106 valence electrons. The van der Waals surface area contributed by atoms with Crippen LogP contribution in [-0.4, -0.2) is 11.9 Å². The van der Waals surface area contributed by atoms with Gasteiger partial charge in [-0.25, -0.2) is 4.39 Å². The Labute approximate surface area is 126 Å². The minimum Gasteiger partial charge on any atom is -0.454 e. The van der Waals surface area contributed by atoms with Gasteiger partial charge in [0, 0.05) is 11.8 Å². The standard InChI is InChI=1S/C15H14ClFO2S/c1-10(18)19-9-20-12-7-5-11(6-8-12)13-3-2-4-14(16)15(13)17/h4-8H,2-3,9H2,1H3. The van der Waals surface area contributed by atoms with Gasteiger partial charge in [-0.15, -0.1) is 0 Å². The summed E-state index contributed by atoms with van der Waals surface area (Å²) in [6, 6.07) is 7.49. The van der Waals surface area contributed by atoms with Crippen LogP contribution in [0.15, 0.2) is 46.1 Å². The van der Waals surface area contributed by atoms with Crippen molar-refractivity contribution in [2.24, 2.45) is 0 Å². The van der Waals surface area contributed by atoms with Crippen LogP contribution in [0.5, 0.6) is 0 Å². The van der Waals surface area contributed by atoms with Crippen molar-refractivity contribution in [2.45, 2.75) is 24.7 Å². The van der Waals surface area contributed by atoms with E-state index >= 15 is 0 Å². The minimum absolute atomic E-state index is 0.194. The maximum Gasteiger partial charge on any atom is 0.303 e. The molecule has 20 heavy (non-hydrogen) atoms. The van der Waals surface area contributed by atoms with Gasteiger partial charge in [-0.1, -0.05) is 41.6 Å². The number of ether oxygens (including phenoxy) is 1. The van der Waals surface area contributed by atoms with E-state index in [4.69, 9.17) is 16.3 Å². The summed E-state index contributed by atoms with van der Waals surface area (Å²) in [6.45, 7) is 1.37. The van der Waals surface area contributed by atoms with E-state index in [-0.39, 0.29) is 22.8 Å². The normalized spacial score (nSPS) is 15.1. The van der Waals surface area contributed by atoms with E-state index in [1.54, 1.807) is 6.08 Å². The van der Waals surface area contributed by atoms with Crippen molar-refractivity contribution < 1.29 is 13.9 Å². The molecule has 1 aromatic rings. The van der Waals surface area contributed by atoms with E-state index in [1.807, 2.05) is 24.3 Å². The SMILES string of the molecule is CC(=O)OCSc1ccc(C2=C(F)C(Cl)=CCC2)cc1. The Balaban J connectivity index is 2.07. The number of esters is 1. The van der Waals surface area contributed by atoms with E-state index in [0.717, 1.165) is 16.9 Å². The number of allylic oxidation sites excluding steroid dienone is 4. The summed E-state index contributed by atoms with van der Waals surface area (Å²) in [4.78, 5) is 11.6. The maximum absolute atomic E-state index is 13.9. The van der Waals surface area contributed by atoms with Gasteiger partial charge >= 0.3 is 5.97 Å². The number of carbonyl (C=O) groups excluding carboxylic acids is 1.